The van der Waals surface area contributed by atoms with Crippen molar-refractivity contribution in [3.8, 4) is 5.75 Å². The molecule has 142 valence electrons. The van der Waals surface area contributed by atoms with Crippen molar-refractivity contribution in [1.82, 2.24) is 0 Å². The van der Waals surface area contributed by atoms with E-state index in [4.69, 9.17) is 0 Å². The summed E-state index contributed by atoms with van der Waals surface area (Å²) >= 11 is 1.52. The molecule has 2 aromatic rings. The van der Waals surface area contributed by atoms with Crippen LogP contribution < -0.4 is 4.90 Å². The number of benzene rings is 2. The number of carbonyl (C=O) groups excluding carboxylic acids is 1. The second-order valence-corrected chi connectivity index (χ2v) is 8.47. The minimum absolute atomic E-state index is 0.00755. The van der Waals surface area contributed by atoms with E-state index < -0.39 is 4.92 Å². The van der Waals surface area contributed by atoms with Crippen LogP contribution in [0.25, 0.3) is 0 Å². The van der Waals surface area contributed by atoms with Crippen molar-refractivity contribution in [2.75, 3.05) is 4.90 Å². The quantitative estimate of drug-likeness (QED) is 0.597. The normalized spacial score (nSPS) is 19.7. The molecule has 0 bridgehead atoms. The van der Waals surface area contributed by atoms with E-state index in [1.807, 2.05) is 33.8 Å². The van der Waals surface area contributed by atoms with Gasteiger partial charge >= 0.3 is 0 Å². The first-order chi connectivity index (χ1) is 12.7. The Labute approximate surface area is 162 Å². The van der Waals surface area contributed by atoms with Crippen LogP contribution in [0, 0.1) is 17.0 Å². The third kappa shape index (κ3) is 3.51. The molecule has 2 aromatic carbocycles. The maximum atomic E-state index is 12.9. The zero-order valence-electron chi connectivity index (χ0n) is 15.7. The number of non-ortho nitro benzene ring substituents is 1. The van der Waals surface area contributed by atoms with Crippen molar-refractivity contribution in [3.63, 3.8) is 0 Å². The molecule has 0 radical (unpaired) electrons. The molecule has 0 aromatic heterocycles. The molecular weight excluding hydrogens is 364 g/mol. The lowest BCUT2D eigenvalue weighted by Crippen LogP contribution is -2.30. The Morgan fingerprint density at radius 1 is 1.22 bits per heavy atom. The molecule has 1 aliphatic rings. The lowest BCUT2D eigenvalue weighted by atomic mass is 9.98. The Hall–Kier alpha value is -2.54. The number of nitrogens with zero attached hydrogens (tertiary/aromatic N) is 2. The molecule has 7 heteroatoms. The molecule has 3 rings (SSSR count). The van der Waals surface area contributed by atoms with Crippen LogP contribution in [0.4, 0.5) is 11.4 Å². The number of hydrogen-bond donors (Lipinski definition) is 1. The van der Waals surface area contributed by atoms with E-state index in [1.54, 1.807) is 23.1 Å². The van der Waals surface area contributed by atoms with Crippen LogP contribution >= 0.6 is 11.8 Å². The molecule has 1 saturated heterocycles. The van der Waals surface area contributed by atoms with Gasteiger partial charge < -0.3 is 5.11 Å². The Morgan fingerprint density at radius 3 is 2.41 bits per heavy atom. The minimum atomic E-state index is -0.434. The number of amides is 1. The van der Waals surface area contributed by atoms with Gasteiger partial charge in [0.1, 0.15) is 11.1 Å². The van der Waals surface area contributed by atoms with E-state index in [0.29, 0.717) is 0 Å². The molecule has 1 aliphatic heterocycles. The highest BCUT2D eigenvalue weighted by atomic mass is 32.2. The molecule has 27 heavy (non-hydrogen) atoms. The van der Waals surface area contributed by atoms with E-state index in [0.717, 1.165) is 22.4 Å². The summed E-state index contributed by atoms with van der Waals surface area (Å²) in [4.78, 5) is 25.1. The van der Waals surface area contributed by atoms with Gasteiger partial charge in [-0.25, -0.2) is 0 Å². The highest BCUT2D eigenvalue weighted by Crippen LogP contribution is 2.47. The van der Waals surface area contributed by atoms with Gasteiger partial charge in [-0.2, -0.15) is 0 Å². The summed E-state index contributed by atoms with van der Waals surface area (Å²) < 4.78 is 0. The van der Waals surface area contributed by atoms with Crippen LogP contribution in [0.15, 0.2) is 36.4 Å². The predicted molar refractivity (Wildman–Crippen MR) is 107 cm³/mol. The van der Waals surface area contributed by atoms with Crippen molar-refractivity contribution in [1.29, 1.82) is 0 Å². The summed E-state index contributed by atoms with van der Waals surface area (Å²) in [5.74, 6) is 0.335. The number of thioether (sulfide) groups is 1. The number of rotatable bonds is 4. The van der Waals surface area contributed by atoms with E-state index in [9.17, 15) is 20.0 Å². The third-order valence-electron chi connectivity index (χ3n) is 4.77. The van der Waals surface area contributed by atoms with E-state index in [1.165, 1.54) is 23.9 Å². The van der Waals surface area contributed by atoms with Gasteiger partial charge in [0.2, 0.25) is 5.91 Å². The maximum absolute atomic E-state index is 12.9. The number of aromatic hydroxyl groups is 1. The van der Waals surface area contributed by atoms with Crippen LogP contribution in [0.2, 0.25) is 0 Å². The second kappa shape index (κ2) is 7.23. The molecule has 1 amide bonds. The molecular formula is C20H22N2O4S. The molecule has 6 nitrogen and oxygen atoms in total. The van der Waals surface area contributed by atoms with Crippen molar-refractivity contribution in [2.24, 2.45) is 0 Å². The van der Waals surface area contributed by atoms with Gasteiger partial charge in [-0.05, 0) is 60.7 Å². The first-order valence-corrected chi connectivity index (χ1v) is 9.71. The lowest BCUT2D eigenvalue weighted by Gasteiger charge is -2.27. The fourth-order valence-corrected chi connectivity index (χ4v) is 4.55. The van der Waals surface area contributed by atoms with Crippen molar-refractivity contribution in [2.45, 2.75) is 44.2 Å². The Kier molecular flexibility index (Phi) is 5.15. The van der Waals surface area contributed by atoms with Crippen LogP contribution in [0.3, 0.4) is 0 Å². The number of anilines is 1. The molecule has 1 N–H and O–H groups in total. The third-order valence-corrected chi connectivity index (χ3v) is 6.12. The fraction of sp³-hybridized carbons (Fsp3) is 0.350. The Bertz CT molecular complexity index is 896. The number of nitro groups is 1. The lowest BCUT2D eigenvalue weighted by molar-refractivity contribution is -0.384. The summed E-state index contributed by atoms with van der Waals surface area (Å²) in [5.41, 5.74) is 3.22. The van der Waals surface area contributed by atoms with Gasteiger partial charge in [0.15, 0.2) is 0 Å². The number of phenols is 1. The van der Waals surface area contributed by atoms with Gasteiger partial charge in [-0.1, -0.05) is 13.8 Å². The van der Waals surface area contributed by atoms with Gasteiger partial charge in [0, 0.05) is 17.8 Å². The van der Waals surface area contributed by atoms with E-state index >= 15 is 0 Å². The minimum Gasteiger partial charge on any atom is -0.508 e. The zero-order chi connectivity index (χ0) is 19.9. The number of hydrogen-bond acceptors (Lipinski definition) is 5. The van der Waals surface area contributed by atoms with Crippen LogP contribution in [0.1, 0.15) is 48.8 Å². The number of aryl methyl sites for hydroxylation is 1. The average molecular weight is 386 g/mol. The summed E-state index contributed by atoms with van der Waals surface area (Å²) in [6.45, 7) is 7.72. The Morgan fingerprint density at radius 2 is 1.85 bits per heavy atom. The first kappa shape index (κ1) is 19.2. The summed E-state index contributed by atoms with van der Waals surface area (Å²) in [6, 6.07) is 9.90. The molecule has 2 unspecified atom stereocenters. The average Bonchev–Trinajstić information content (AvgIpc) is 2.90. The highest BCUT2D eigenvalue weighted by Gasteiger charge is 2.40. The first-order valence-electron chi connectivity index (χ1n) is 8.77. The summed E-state index contributed by atoms with van der Waals surface area (Å²) in [7, 11) is 0. The SMILES string of the molecule is Cc1cc(O)c(C(C)C)cc1N1C(=O)C(C)SC1c1ccc([N+](=O)[O-])cc1. The predicted octanol–water partition coefficient (Wildman–Crippen LogP) is 4.90. The van der Waals surface area contributed by atoms with E-state index in [2.05, 4.69) is 0 Å². The molecule has 0 saturated carbocycles. The van der Waals surface area contributed by atoms with Crippen LogP contribution in [-0.4, -0.2) is 21.2 Å². The van der Waals surface area contributed by atoms with Crippen molar-refractivity contribution >= 4 is 29.0 Å². The van der Waals surface area contributed by atoms with Gasteiger partial charge in [-0.3, -0.25) is 19.8 Å². The van der Waals surface area contributed by atoms with Crippen LogP contribution in [-0.2, 0) is 4.79 Å². The maximum Gasteiger partial charge on any atom is 0.269 e. The largest absolute Gasteiger partial charge is 0.508 e. The van der Waals surface area contributed by atoms with Crippen molar-refractivity contribution < 1.29 is 14.8 Å². The monoisotopic (exact) mass is 386 g/mol. The molecule has 1 fully saturated rings. The molecule has 0 spiro atoms. The smallest absolute Gasteiger partial charge is 0.269 e. The highest BCUT2D eigenvalue weighted by molar-refractivity contribution is 8.01. The van der Waals surface area contributed by atoms with Crippen LogP contribution in [0.5, 0.6) is 5.75 Å². The summed E-state index contributed by atoms with van der Waals surface area (Å²) in [6.07, 6.45) is 0. The summed E-state index contributed by atoms with van der Waals surface area (Å²) in [5, 5.41) is 20.7. The molecule has 0 aliphatic carbocycles. The van der Waals surface area contributed by atoms with Gasteiger partial charge in [-0.15, -0.1) is 11.8 Å². The van der Waals surface area contributed by atoms with Crippen molar-refractivity contribution in [3.05, 3.63) is 63.2 Å². The standard InChI is InChI=1S/C20H22N2O4S/c1-11(2)16-10-17(12(3)9-18(16)23)21-19(24)13(4)27-20(21)14-5-7-15(8-6-14)22(25)26/h5-11,13,20,23H,1-4H3. The number of nitro benzene ring substituents is 1. The second-order valence-electron chi connectivity index (χ2n) is 7.04. The Balaban J connectivity index is 2.07. The van der Waals surface area contributed by atoms with E-state index in [-0.39, 0.29) is 33.9 Å². The molecule has 1 heterocycles. The number of carbonyl (C=O) groups is 1. The van der Waals surface area contributed by atoms with Gasteiger partial charge in [0.05, 0.1) is 10.2 Å². The van der Waals surface area contributed by atoms with Gasteiger partial charge in [0.25, 0.3) is 5.69 Å². The topological polar surface area (TPSA) is 83.7 Å². The zero-order valence-corrected chi connectivity index (χ0v) is 16.5. The number of phenolic OH excluding ortho intramolecular Hbond substituents is 1. The fourth-order valence-electron chi connectivity index (χ4n) is 3.28. The molecule has 2 atom stereocenters.